The first-order chi connectivity index (χ1) is 12.7. The maximum absolute atomic E-state index is 11.1. The fourth-order valence-electron chi connectivity index (χ4n) is 2.22. The standard InChI is InChI=1S/C18H15Br2N3O3/c19-7-8-25-18-9-17(6-1-13(18)11-24)26-12-15-10-23(22-21-15)16-4-2-14(20)3-5-16/h1-6,9-11H,7-8,12H2. The van der Waals surface area contributed by atoms with E-state index in [9.17, 15) is 4.79 Å². The Morgan fingerprint density at radius 2 is 1.92 bits per heavy atom. The van der Waals surface area contributed by atoms with E-state index in [-0.39, 0.29) is 6.61 Å². The van der Waals surface area contributed by atoms with Crippen molar-refractivity contribution in [2.75, 3.05) is 11.9 Å². The number of halogens is 2. The van der Waals surface area contributed by atoms with E-state index in [1.54, 1.807) is 22.9 Å². The van der Waals surface area contributed by atoms with Crippen molar-refractivity contribution in [1.82, 2.24) is 15.0 Å². The summed E-state index contributed by atoms with van der Waals surface area (Å²) in [5.41, 5.74) is 2.09. The van der Waals surface area contributed by atoms with Gasteiger partial charge in [-0.3, -0.25) is 4.79 Å². The van der Waals surface area contributed by atoms with Gasteiger partial charge in [0.25, 0.3) is 0 Å². The van der Waals surface area contributed by atoms with E-state index in [1.165, 1.54) is 0 Å². The lowest BCUT2D eigenvalue weighted by molar-refractivity contribution is 0.112. The van der Waals surface area contributed by atoms with Crippen molar-refractivity contribution in [2.45, 2.75) is 6.61 Å². The van der Waals surface area contributed by atoms with E-state index >= 15 is 0 Å². The van der Waals surface area contributed by atoms with Crippen LogP contribution in [0.4, 0.5) is 0 Å². The first kappa shape index (κ1) is 18.6. The molecule has 0 aliphatic rings. The second-order valence-corrected chi connectivity index (χ2v) is 6.98. The number of carbonyl (C=O) groups is 1. The SMILES string of the molecule is O=Cc1ccc(OCc2cn(-c3ccc(Br)cc3)nn2)cc1OCCBr. The number of rotatable bonds is 8. The fourth-order valence-corrected chi connectivity index (χ4v) is 2.64. The number of hydrogen-bond acceptors (Lipinski definition) is 5. The third-order valence-corrected chi connectivity index (χ3v) is 4.32. The molecule has 0 bridgehead atoms. The monoisotopic (exact) mass is 479 g/mol. The number of aldehydes is 1. The zero-order valence-electron chi connectivity index (χ0n) is 13.6. The summed E-state index contributed by atoms with van der Waals surface area (Å²) in [5.74, 6) is 1.09. The van der Waals surface area contributed by atoms with E-state index in [0.29, 0.717) is 34.7 Å². The minimum absolute atomic E-state index is 0.259. The molecule has 0 aliphatic heterocycles. The zero-order valence-corrected chi connectivity index (χ0v) is 16.8. The van der Waals surface area contributed by atoms with Gasteiger partial charge in [-0.05, 0) is 36.4 Å². The third-order valence-electron chi connectivity index (χ3n) is 3.47. The Kier molecular flexibility index (Phi) is 6.40. The number of alkyl halides is 1. The number of carbonyl (C=O) groups excluding carboxylic acids is 1. The smallest absolute Gasteiger partial charge is 0.153 e. The molecular weight excluding hydrogens is 466 g/mol. The summed E-state index contributed by atoms with van der Waals surface area (Å²) in [4.78, 5) is 11.1. The molecule has 0 aliphatic carbocycles. The van der Waals surface area contributed by atoms with Crippen LogP contribution in [0.15, 0.2) is 53.1 Å². The lowest BCUT2D eigenvalue weighted by Crippen LogP contribution is -2.02. The molecule has 3 rings (SSSR count). The summed E-state index contributed by atoms with van der Waals surface area (Å²) in [6.07, 6.45) is 2.57. The fraction of sp³-hybridized carbons (Fsp3) is 0.167. The Balaban J connectivity index is 1.67. The Labute approximate surface area is 167 Å². The number of ether oxygens (including phenoxy) is 2. The Morgan fingerprint density at radius 3 is 2.65 bits per heavy atom. The predicted octanol–water partition coefficient (Wildman–Crippen LogP) is 4.20. The first-order valence-electron chi connectivity index (χ1n) is 7.77. The normalized spacial score (nSPS) is 10.5. The maximum Gasteiger partial charge on any atom is 0.153 e. The molecule has 0 spiro atoms. The maximum atomic E-state index is 11.1. The van der Waals surface area contributed by atoms with Gasteiger partial charge in [-0.1, -0.05) is 37.1 Å². The predicted molar refractivity (Wildman–Crippen MR) is 105 cm³/mol. The highest BCUT2D eigenvalue weighted by atomic mass is 79.9. The molecule has 0 saturated carbocycles. The summed E-state index contributed by atoms with van der Waals surface area (Å²) in [7, 11) is 0. The molecular formula is C18H15Br2N3O3. The van der Waals surface area contributed by atoms with E-state index in [2.05, 4.69) is 42.2 Å². The number of hydrogen-bond donors (Lipinski definition) is 0. The van der Waals surface area contributed by atoms with Gasteiger partial charge in [0.05, 0.1) is 24.1 Å². The Morgan fingerprint density at radius 1 is 1.12 bits per heavy atom. The summed E-state index contributed by atoms with van der Waals surface area (Å²) < 4.78 is 14.0. The molecule has 26 heavy (non-hydrogen) atoms. The van der Waals surface area contributed by atoms with Crippen LogP contribution in [-0.2, 0) is 6.61 Å². The average molecular weight is 481 g/mol. The van der Waals surface area contributed by atoms with Crippen molar-refractivity contribution in [3.63, 3.8) is 0 Å². The van der Waals surface area contributed by atoms with Gasteiger partial charge in [-0.2, -0.15) is 0 Å². The molecule has 2 aromatic carbocycles. The van der Waals surface area contributed by atoms with E-state index in [0.717, 1.165) is 16.4 Å². The average Bonchev–Trinajstić information content (AvgIpc) is 3.14. The molecule has 1 aromatic heterocycles. The van der Waals surface area contributed by atoms with Gasteiger partial charge < -0.3 is 9.47 Å². The molecule has 134 valence electrons. The van der Waals surface area contributed by atoms with Crippen molar-refractivity contribution in [1.29, 1.82) is 0 Å². The van der Waals surface area contributed by atoms with Crippen LogP contribution in [0.5, 0.6) is 11.5 Å². The van der Waals surface area contributed by atoms with Crippen LogP contribution in [0.25, 0.3) is 5.69 Å². The topological polar surface area (TPSA) is 66.2 Å². The molecule has 6 nitrogen and oxygen atoms in total. The molecule has 0 saturated heterocycles. The van der Waals surface area contributed by atoms with Crippen molar-refractivity contribution in [3.05, 3.63) is 64.4 Å². The molecule has 1 heterocycles. The van der Waals surface area contributed by atoms with Gasteiger partial charge in [0.2, 0.25) is 0 Å². The lowest BCUT2D eigenvalue weighted by atomic mass is 10.2. The van der Waals surface area contributed by atoms with Crippen molar-refractivity contribution in [3.8, 4) is 17.2 Å². The third kappa shape index (κ3) is 4.70. The molecule has 0 atom stereocenters. The second-order valence-electron chi connectivity index (χ2n) is 5.27. The molecule has 0 radical (unpaired) electrons. The highest BCUT2D eigenvalue weighted by molar-refractivity contribution is 9.10. The van der Waals surface area contributed by atoms with Crippen LogP contribution in [0.1, 0.15) is 16.1 Å². The highest BCUT2D eigenvalue weighted by Gasteiger charge is 2.08. The van der Waals surface area contributed by atoms with Crippen LogP contribution < -0.4 is 9.47 Å². The van der Waals surface area contributed by atoms with Crippen LogP contribution in [0, 0.1) is 0 Å². The minimum atomic E-state index is 0.259. The van der Waals surface area contributed by atoms with Gasteiger partial charge in [0.15, 0.2) is 6.29 Å². The van der Waals surface area contributed by atoms with Crippen LogP contribution >= 0.6 is 31.9 Å². The summed E-state index contributed by atoms with van der Waals surface area (Å²) in [5, 5.41) is 8.90. The molecule has 8 heteroatoms. The largest absolute Gasteiger partial charge is 0.492 e. The Bertz CT molecular complexity index is 882. The summed E-state index contributed by atoms with van der Waals surface area (Å²) in [6, 6.07) is 12.9. The molecule has 0 amide bonds. The van der Waals surface area contributed by atoms with Crippen LogP contribution in [0.2, 0.25) is 0 Å². The van der Waals surface area contributed by atoms with E-state index in [4.69, 9.17) is 9.47 Å². The molecule has 3 aromatic rings. The van der Waals surface area contributed by atoms with E-state index in [1.807, 2.05) is 30.5 Å². The number of aromatic nitrogens is 3. The van der Waals surface area contributed by atoms with Gasteiger partial charge in [0.1, 0.15) is 23.8 Å². The van der Waals surface area contributed by atoms with E-state index < -0.39 is 0 Å². The van der Waals surface area contributed by atoms with Gasteiger partial charge >= 0.3 is 0 Å². The lowest BCUT2D eigenvalue weighted by Gasteiger charge is -2.10. The molecule has 0 unspecified atom stereocenters. The Hall–Kier alpha value is -2.19. The summed E-state index contributed by atoms with van der Waals surface area (Å²) >= 11 is 6.70. The number of benzene rings is 2. The first-order valence-corrected chi connectivity index (χ1v) is 9.69. The zero-order chi connectivity index (χ0) is 18.4. The highest BCUT2D eigenvalue weighted by Crippen LogP contribution is 2.24. The van der Waals surface area contributed by atoms with Crippen molar-refractivity contribution >= 4 is 38.1 Å². The summed E-state index contributed by atoms with van der Waals surface area (Å²) in [6.45, 7) is 0.723. The van der Waals surface area contributed by atoms with Crippen LogP contribution in [-0.4, -0.2) is 33.2 Å². The number of nitrogens with zero attached hydrogens (tertiary/aromatic N) is 3. The van der Waals surface area contributed by atoms with Crippen LogP contribution in [0.3, 0.4) is 0 Å². The van der Waals surface area contributed by atoms with Gasteiger partial charge in [0, 0.05) is 15.9 Å². The van der Waals surface area contributed by atoms with Gasteiger partial charge in [-0.15, -0.1) is 5.10 Å². The molecule has 0 N–H and O–H groups in total. The molecule has 0 fully saturated rings. The second kappa shape index (κ2) is 8.95. The van der Waals surface area contributed by atoms with Gasteiger partial charge in [-0.25, -0.2) is 4.68 Å². The van der Waals surface area contributed by atoms with Crippen molar-refractivity contribution < 1.29 is 14.3 Å². The quantitative estimate of drug-likeness (QED) is 0.357. The minimum Gasteiger partial charge on any atom is -0.492 e. The van der Waals surface area contributed by atoms with Crippen molar-refractivity contribution in [2.24, 2.45) is 0 Å².